The Bertz CT molecular complexity index is 388. The van der Waals surface area contributed by atoms with Crippen LogP contribution in [-0.2, 0) is 13.0 Å². The maximum absolute atomic E-state index is 10.4. The molecule has 1 rings (SSSR count). The van der Waals surface area contributed by atoms with Gasteiger partial charge >= 0.3 is 0 Å². The van der Waals surface area contributed by atoms with Crippen LogP contribution in [0.4, 0.5) is 0 Å². The number of nitrogens with zero attached hydrogens (tertiary/aromatic N) is 2. The Hall–Kier alpha value is -0.390. The molecule has 0 fully saturated rings. The van der Waals surface area contributed by atoms with Crippen molar-refractivity contribution in [2.24, 2.45) is 0 Å². The quantitative estimate of drug-likeness (QED) is 0.758. The smallest absolute Gasteiger partial charge is 0.0738 e. The van der Waals surface area contributed by atoms with E-state index in [0.29, 0.717) is 6.42 Å². The Morgan fingerprint density at radius 1 is 1.44 bits per heavy atom. The summed E-state index contributed by atoms with van der Waals surface area (Å²) < 4.78 is 2.98. The zero-order valence-corrected chi connectivity index (χ0v) is 13.3. The van der Waals surface area contributed by atoms with Crippen LogP contribution in [0.2, 0.25) is 0 Å². The van der Waals surface area contributed by atoms with Gasteiger partial charge in [0.25, 0.3) is 0 Å². The summed E-state index contributed by atoms with van der Waals surface area (Å²) >= 11 is 3.57. The van der Waals surface area contributed by atoms with E-state index in [1.807, 2.05) is 18.5 Å². The molecule has 1 aromatic heterocycles. The lowest BCUT2D eigenvalue weighted by Gasteiger charge is -2.24. The van der Waals surface area contributed by atoms with E-state index >= 15 is 0 Å². The van der Waals surface area contributed by atoms with Crippen LogP contribution in [-0.4, -0.2) is 33.6 Å². The third-order valence-corrected chi connectivity index (χ3v) is 4.12. The molecule has 0 radical (unpaired) electrons. The monoisotopic (exact) mass is 317 g/mol. The summed E-state index contributed by atoms with van der Waals surface area (Å²) in [5, 5.41) is 18.1. The van der Waals surface area contributed by atoms with Gasteiger partial charge in [-0.05, 0) is 56.2 Å². The van der Waals surface area contributed by atoms with Crippen molar-refractivity contribution in [3.63, 3.8) is 0 Å². The minimum Gasteiger partial charge on any atom is -0.390 e. The average Bonchev–Trinajstić information content (AvgIpc) is 2.56. The molecule has 0 spiro atoms. The number of aromatic nitrogens is 2. The summed E-state index contributed by atoms with van der Waals surface area (Å²) in [6.07, 6.45) is 1.36. The van der Waals surface area contributed by atoms with Gasteiger partial charge in [-0.15, -0.1) is 0 Å². The van der Waals surface area contributed by atoms with Gasteiger partial charge in [0, 0.05) is 13.0 Å². The highest BCUT2D eigenvalue weighted by Crippen LogP contribution is 2.26. The van der Waals surface area contributed by atoms with Gasteiger partial charge in [0.05, 0.1) is 21.5 Å². The molecule has 0 saturated heterocycles. The normalized spacial score (nSPS) is 14.8. The van der Waals surface area contributed by atoms with E-state index in [1.54, 1.807) is 0 Å². The number of nitrogens with one attached hydrogen (secondary N) is 1. The predicted molar refractivity (Wildman–Crippen MR) is 77.8 cm³/mol. The molecule has 1 heterocycles. The van der Waals surface area contributed by atoms with E-state index < -0.39 is 5.60 Å². The Kier molecular flexibility index (Phi) is 5.82. The van der Waals surface area contributed by atoms with Crippen molar-refractivity contribution < 1.29 is 5.11 Å². The fourth-order valence-corrected chi connectivity index (χ4v) is 2.45. The van der Waals surface area contributed by atoms with Crippen molar-refractivity contribution in [3.8, 4) is 0 Å². The third kappa shape index (κ3) is 4.07. The molecule has 0 aliphatic rings. The average molecular weight is 318 g/mol. The summed E-state index contributed by atoms with van der Waals surface area (Å²) in [5.41, 5.74) is 1.36. The van der Waals surface area contributed by atoms with E-state index in [0.717, 1.165) is 41.9 Å². The van der Waals surface area contributed by atoms with E-state index in [1.165, 1.54) is 0 Å². The third-order valence-electron chi connectivity index (χ3n) is 3.09. The highest BCUT2D eigenvalue weighted by atomic mass is 79.9. The Morgan fingerprint density at radius 3 is 2.67 bits per heavy atom. The van der Waals surface area contributed by atoms with Crippen molar-refractivity contribution in [2.45, 2.75) is 52.7 Å². The molecule has 0 aliphatic heterocycles. The van der Waals surface area contributed by atoms with Crippen LogP contribution >= 0.6 is 15.9 Å². The lowest BCUT2D eigenvalue weighted by atomic mass is 9.96. The Balaban J connectivity index is 2.76. The summed E-state index contributed by atoms with van der Waals surface area (Å²) in [4.78, 5) is 0. The van der Waals surface area contributed by atoms with Crippen molar-refractivity contribution in [1.29, 1.82) is 0 Å². The summed E-state index contributed by atoms with van der Waals surface area (Å²) in [5.74, 6) is 0. The molecular weight excluding hydrogens is 294 g/mol. The van der Waals surface area contributed by atoms with Crippen molar-refractivity contribution >= 4 is 15.9 Å². The second kappa shape index (κ2) is 6.68. The van der Waals surface area contributed by atoms with Crippen LogP contribution in [0, 0.1) is 6.92 Å². The minimum absolute atomic E-state index is 0.619. The second-order valence-electron chi connectivity index (χ2n) is 4.94. The number of rotatable bonds is 7. The van der Waals surface area contributed by atoms with Crippen LogP contribution in [0.1, 0.15) is 38.6 Å². The first kappa shape index (κ1) is 15.7. The first-order chi connectivity index (χ1) is 8.41. The molecule has 1 aromatic rings. The van der Waals surface area contributed by atoms with Gasteiger partial charge in [-0.25, -0.2) is 0 Å². The van der Waals surface area contributed by atoms with Crippen molar-refractivity contribution in [3.05, 3.63) is 15.9 Å². The molecule has 1 unspecified atom stereocenters. The molecular formula is C13H24BrN3O. The first-order valence-corrected chi connectivity index (χ1v) is 7.35. The Morgan fingerprint density at radius 2 is 2.11 bits per heavy atom. The van der Waals surface area contributed by atoms with Gasteiger partial charge in [-0.3, -0.25) is 4.68 Å². The summed E-state index contributed by atoms with van der Waals surface area (Å²) in [7, 11) is 0. The van der Waals surface area contributed by atoms with E-state index in [-0.39, 0.29) is 0 Å². The molecule has 4 nitrogen and oxygen atoms in total. The SMILES string of the molecule is CCNCCC(C)(O)Cc1c(Br)c(C)nn1CC. The molecule has 0 saturated carbocycles. The fourth-order valence-electron chi connectivity index (χ4n) is 2.02. The molecule has 0 amide bonds. The molecule has 1 atom stereocenters. The largest absolute Gasteiger partial charge is 0.390 e. The van der Waals surface area contributed by atoms with Crippen LogP contribution < -0.4 is 5.32 Å². The van der Waals surface area contributed by atoms with E-state index in [9.17, 15) is 5.11 Å². The van der Waals surface area contributed by atoms with Crippen LogP contribution in [0.15, 0.2) is 4.47 Å². The highest BCUT2D eigenvalue weighted by Gasteiger charge is 2.25. The molecule has 0 aliphatic carbocycles. The molecule has 2 N–H and O–H groups in total. The standard InChI is InChI=1S/C13H24BrN3O/c1-5-15-8-7-13(4,18)9-11-12(14)10(3)16-17(11)6-2/h15,18H,5-9H2,1-4H3. The highest BCUT2D eigenvalue weighted by molar-refractivity contribution is 9.10. The second-order valence-corrected chi connectivity index (χ2v) is 5.73. The molecule has 0 aromatic carbocycles. The van der Waals surface area contributed by atoms with Crippen molar-refractivity contribution in [1.82, 2.24) is 15.1 Å². The van der Waals surface area contributed by atoms with Gasteiger partial charge in [0.15, 0.2) is 0 Å². The fraction of sp³-hybridized carbons (Fsp3) is 0.769. The summed E-state index contributed by atoms with van der Waals surface area (Å²) in [6.45, 7) is 10.6. The zero-order valence-electron chi connectivity index (χ0n) is 11.8. The van der Waals surface area contributed by atoms with Gasteiger partial charge < -0.3 is 10.4 Å². The van der Waals surface area contributed by atoms with Gasteiger partial charge in [-0.1, -0.05) is 6.92 Å². The lowest BCUT2D eigenvalue weighted by Crippen LogP contribution is -2.33. The van der Waals surface area contributed by atoms with Gasteiger partial charge in [0.1, 0.15) is 0 Å². The number of hydrogen-bond acceptors (Lipinski definition) is 3. The first-order valence-electron chi connectivity index (χ1n) is 6.56. The number of hydrogen-bond donors (Lipinski definition) is 2. The molecule has 104 valence electrons. The van der Waals surface area contributed by atoms with E-state index in [4.69, 9.17) is 0 Å². The summed E-state index contributed by atoms with van der Waals surface area (Å²) in [6, 6.07) is 0. The number of aliphatic hydroxyl groups is 1. The van der Waals surface area contributed by atoms with E-state index in [2.05, 4.69) is 40.2 Å². The topological polar surface area (TPSA) is 50.1 Å². The number of aryl methyl sites for hydroxylation is 2. The molecule has 5 heteroatoms. The maximum atomic E-state index is 10.4. The minimum atomic E-state index is -0.704. The lowest BCUT2D eigenvalue weighted by molar-refractivity contribution is 0.0494. The van der Waals surface area contributed by atoms with Crippen LogP contribution in [0.3, 0.4) is 0 Å². The zero-order chi connectivity index (χ0) is 13.8. The van der Waals surface area contributed by atoms with Gasteiger partial charge in [-0.2, -0.15) is 5.10 Å². The van der Waals surface area contributed by atoms with Crippen molar-refractivity contribution in [2.75, 3.05) is 13.1 Å². The molecule has 0 bridgehead atoms. The number of halogens is 1. The van der Waals surface area contributed by atoms with Gasteiger partial charge in [0.2, 0.25) is 0 Å². The predicted octanol–water partition coefficient (Wildman–Crippen LogP) is 2.27. The Labute approximate surface area is 118 Å². The van der Waals surface area contributed by atoms with Crippen LogP contribution in [0.25, 0.3) is 0 Å². The van der Waals surface area contributed by atoms with Crippen LogP contribution in [0.5, 0.6) is 0 Å². The maximum Gasteiger partial charge on any atom is 0.0738 e. The molecule has 18 heavy (non-hydrogen) atoms.